The number of carbonyl (C=O) groups is 3. The fourth-order valence-corrected chi connectivity index (χ4v) is 3.62. The highest BCUT2D eigenvalue weighted by atomic mass is 16.5. The van der Waals surface area contributed by atoms with E-state index in [9.17, 15) is 19.5 Å². The van der Waals surface area contributed by atoms with Crippen LogP contribution in [0.3, 0.4) is 0 Å². The Balaban J connectivity index is 2.34. The van der Waals surface area contributed by atoms with Crippen molar-refractivity contribution in [1.29, 1.82) is 0 Å². The number of carboxylic acid groups (broad SMARTS) is 1. The van der Waals surface area contributed by atoms with Gasteiger partial charge in [0.2, 0.25) is 5.91 Å². The molecule has 0 saturated heterocycles. The van der Waals surface area contributed by atoms with Crippen LogP contribution in [0.25, 0.3) is 0 Å². The highest BCUT2D eigenvalue weighted by Gasteiger charge is 2.36. The number of anilines is 2. The molecule has 0 aliphatic heterocycles. The molecular weight excluding hydrogens is 424 g/mol. The number of amides is 3. The molecule has 4 N–H and O–H groups in total. The maximum Gasteiger partial charge on any atom is 0.323 e. The Morgan fingerprint density at radius 3 is 2.33 bits per heavy atom. The third-order valence-electron chi connectivity index (χ3n) is 5.66. The summed E-state index contributed by atoms with van der Waals surface area (Å²) >= 11 is 0. The second kappa shape index (κ2) is 10.8. The van der Waals surface area contributed by atoms with Crippen molar-refractivity contribution in [2.45, 2.75) is 45.8 Å². The summed E-state index contributed by atoms with van der Waals surface area (Å²) in [7, 11) is 3.23. The number of carbonyl (C=O) groups excluding carboxylic acids is 2. The van der Waals surface area contributed by atoms with E-state index in [0.717, 1.165) is 5.56 Å². The predicted octanol–water partition coefficient (Wildman–Crippen LogP) is 3.75. The first kappa shape index (κ1) is 25.7. The van der Waals surface area contributed by atoms with E-state index < -0.39 is 17.7 Å². The smallest absolute Gasteiger partial charge is 0.323 e. The van der Waals surface area contributed by atoms with Crippen molar-refractivity contribution in [3.63, 3.8) is 0 Å². The van der Waals surface area contributed by atoms with E-state index in [1.165, 1.54) is 14.0 Å². The number of nitrogens with zero attached hydrogens (tertiary/aromatic N) is 1. The van der Waals surface area contributed by atoms with E-state index >= 15 is 0 Å². The molecule has 0 saturated carbocycles. The molecular formula is C24H32N4O5. The second-order valence-corrected chi connectivity index (χ2v) is 8.12. The number of hydrogen-bond acceptors (Lipinski definition) is 5. The molecule has 3 amide bonds. The zero-order chi connectivity index (χ0) is 24.8. The van der Waals surface area contributed by atoms with Crippen LogP contribution in [0.2, 0.25) is 0 Å². The lowest BCUT2D eigenvalue weighted by molar-refractivity contribution is -0.139. The SMILES string of the molecule is COc1cc(C(C)(NC(C)=O)N(C)C(C)CC(=O)O)ccc1NC(=O)Nc1ccccc1C. The van der Waals surface area contributed by atoms with Gasteiger partial charge in [-0.1, -0.05) is 24.3 Å². The number of ether oxygens (including phenoxy) is 1. The number of aliphatic carboxylic acids is 1. The van der Waals surface area contributed by atoms with Gasteiger partial charge in [-0.25, -0.2) is 4.79 Å². The third-order valence-corrected chi connectivity index (χ3v) is 5.66. The first-order valence-electron chi connectivity index (χ1n) is 10.5. The van der Waals surface area contributed by atoms with Crippen molar-refractivity contribution < 1.29 is 24.2 Å². The standard InChI is InChI=1S/C24H32N4O5/c1-15-9-7-8-10-19(15)25-23(32)26-20-12-11-18(14-21(20)33-6)24(4,27-17(3)29)28(5)16(2)13-22(30)31/h7-12,14,16H,13H2,1-6H3,(H,27,29)(H,30,31)(H2,25,26,32). The van der Waals surface area contributed by atoms with Crippen LogP contribution in [0.1, 0.15) is 38.3 Å². The van der Waals surface area contributed by atoms with E-state index in [1.807, 2.05) is 31.2 Å². The molecule has 178 valence electrons. The molecule has 2 aromatic carbocycles. The van der Waals surface area contributed by atoms with Crippen molar-refractivity contribution >= 4 is 29.3 Å². The highest BCUT2D eigenvalue weighted by Crippen LogP contribution is 2.34. The lowest BCUT2D eigenvalue weighted by Crippen LogP contribution is -2.57. The van der Waals surface area contributed by atoms with Crippen molar-refractivity contribution in [2.75, 3.05) is 24.8 Å². The van der Waals surface area contributed by atoms with Crippen molar-refractivity contribution in [3.8, 4) is 5.75 Å². The molecule has 0 radical (unpaired) electrons. The molecule has 9 nitrogen and oxygen atoms in total. The van der Waals surface area contributed by atoms with E-state index in [2.05, 4.69) is 16.0 Å². The summed E-state index contributed by atoms with van der Waals surface area (Å²) in [6.45, 7) is 6.86. The summed E-state index contributed by atoms with van der Waals surface area (Å²) in [5.74, 6) is -0.815. The Bertz CT molecular complexity index is 1030. The van der Waals surface area contributed by atoms with Gasteiger partial charge in [0.15, 0.2) is 0 Å². The third kappa shape index (κ3) is 6.45. The topological polar surface area (TPSA) is 120 Å². The molecule has 2 unspecified atom stereocenters. The molecule has 0 fully saturated rings. The van der Waals surface area contributed by atoms with Gasteiger partial charge in [-0.15, -0.1) is 0 Å². The average Bonchev–Trinajstić information content (AvgIpc) is 2.73. The van der Waals surface area contributed by atoms with Crippen molar-refractivity contribution in [2.24, 2.45) is 0 Å². The average molecular weight is 457 g/mol. The van der Waals surface area contributed by atoms with Crippen LogP contribution in [-0.2, 0) is 15.3 Å². The zero-order valence-electron chi connectivity index (χ0n) is 19.9. The van der Waals surface area contributed by atoms with Crippen LogP contribution >= 0.6 is 0 Å². The molecule has 2 rings (SSSR count). The Morgan fingerprint density at radius 2 is 1.76 bits per heavy atom. The Kier molecular flexibility index (Phi) is 8.42. The minimum atomic E-state index is -1.02. The summed E-state index contributed by atoms with van der Waals surface area (Å²) in [5.41, 5.74) is 1.71. The van der Waals surface area contributed by atoms with E-state index in [1.54, 1.807) is 44.0 Å². The van der Waals surface area contributed by atoms with Crippen LogP contribution in [0.4, 0.5) is 16.2 Å². The molecule has 9 heteroatoms. The fraction of sp³-hybridized carbons (Fsp3) is 0.375. The van der Waals surface area contributed by atoms with Gasteiger partial charge >= 0.3 is 12.0 Å². The Morgan fingerprint density at radius 1 is 1.12 bits per heavy atom. The van der Waals surface area contributed by atoms with Gasteiger partial charge in [-0.2, -0.15) is 0 Å². The van der Waals surface area contributed by atoms with E-state index in [4.69, 9.17) is 4.74 Å². The number of hydrogen-bond donors (Lipinski definition) is 4. The zero-order valence-corrected chi connectivity index (χ0v) is 19.9. The van der Waals surface area contributed by atoms with Crippen LogP contribution in [0, 0.1) is 6.92 Å². The maximum atomic E-state index is 12.5. The van der Waals surface area contributed by atoms with Crippen LogP contribution in [-0.4, -0.2) is 48.1 Å². The molecule has 2 atom stereocenters. The van der Waals surface area contributed by atoms with Gasteiger partial charge in [-0.3, -0.25) is 14.5 Å². The first-order chi connectivity index (χ1) is 15.5. The molecule has 0 aliphatic rings. The Hall–Kier alpha value is -3.59. The first-order valence-corrected chi connectivity index (χ1v) is 10.5. The molecule has 2 aromatic rings. The van der Waals surface area contributed by atoms with Crippen molar-refractivity contribution in [1.82, 2.24) is 10.2 Å². The molecule has 0 aliphatic carbocycles. The largest absolute Gasteiger partial charge is 0.495 e. The number of urea groups is 1. The van der Waals surface area contributed by atoms with Gasteiger partial charge in [0, 0.05) is 18.7 Å². The maximum absolute atomic E-state index is 12.5. The number of carboxylic acids is 1. The van der Waals surface area contributed by atoms with Gasteiger partial charge in [0.1, 0.15) is 11.4 Å². The van der Waals surface area contributed by atoms with Gasteiger partial charge in [0.25, 0.3) is 0 Å². The number of benzene rings is 2. The molecule has 0 heterocycles. The summed E-state index contributed by atoms with van der Waals surface area (Å²) in [6.07, 6.45) is -0.0957. The summed E-state index contributed by atoms with van der Waals surface area (Å²) in [4.78, 5) is 37.5. The van der Waals surface area contributed by atoms with Crippen LogP contribution in [0.15, 0.2) is 42.5 Å². The quantitative estimate of drug-likeness (QED) is 0.427. The van der Waals surface area contributed by atoms with E-state index in [-0.39, 0.29) is 18.4 Å². The number of aryl methyl sites for hydroxylation is 1. The monoisotopic (exact) mass is 456 g/mol. The molecule has 0 bridgehead atoms. The van der Waals surface area contributed by atoms with Gasteiger partial charge in [0.05, 0.1) is 19.2 Å². The fourth-order valence-electron chi connectivity index (χ4n) is 3.62. The van der Waals surface area contributed by atoms with Gasteiger partial charge < -0.3 is 25.8 Å². The van der Waals surface area contributed by atoms with E-state index in [0.29, 0.717) is 22.7 Å². The second-order valence-electron chi connectivity index (χ2n) is 8.12. The highest BCUT2D eigenvalue weighted by molar-refractivity contribution is 6.01. The minimum Gasteiger partial charge on any atom is -0.495 e. The molecule has 33 heavy (non-hydrogen) atoms. The number of nitrogens with one attached hydrogen (secondary N) is 3. The number of para-hydroxylation sites is 1. The summed E-state index contributed by atoms with van der Waals surface area (Å²) < 4.78 is 5.50. The lowest BCUT2D eigenvalue weighted by atomic mass is 9.96. The number of rotatable bonds is 9. The van der Waals surface area contributed by atoms with Gasteiger partial charge in [-0.05, 0) is 57.1 Å². The molecule has 0 spiro atoms. The Labute approximate surface area is 194 Å². The summed E-state index contributed by atoms with van der Waals surface area (Å²) in [5, 5.41) is 17.7. The summed E-state index contributed by atoms with van der Waals surface area (Å²) in [6, 6.07) is 11.8. The molecule has 0 aromatic heterocycles. The van der Waals surface area contributed by atoms with Crippen molar-refractivity contribution in [3.05, 3.63) is 53.6 Å². The lowest BCUT2D eigenvalue weighted by Gasteiger charge is -2.43. The van der Waals surface area contributed by atoms with Crippen LogP contribution < -0.4 is 20.7 Å². The van der Waals surface area contributed by atoms with Crippen LogP contribution in [0.5, 0.6) is 5.75 Å². The normalized spacial score (nSPS) is 13.5. The number of methoxy groups -OCH3 is 1. The minimum absolute atomic E-state index is 0.0957. The predicted molar refractivity (Wildman–Crippen MR) is 127 cm³/mol.